The van der Waals surface area contributed by atoms with Crippen molar-refractivity contribution in [3.63, 3.8) is 0 Å². The molecule has 4 saturated carbocycles. The minimum absolute atomic E-state index is 0.641. The van der Waals surface area contributed by atoms with Gasteiger partial charge in [0, 0.05) is 0 Å². The lowest BCUT2D eigenvalue weighted by atomic mass is 9.46. The Kier molecular flexibility index (Phi) is 2.06. The van der Waals surface area contributed by atoms with Crippen LogP contribution in [0.15, 0.2) is 11.6 Å². The topological polar surface area (TPSA) is 0 Å². The highest BCUT2D eigenvalue weighted by Gasteiger charge is 2.52. The normalized spacial score (nSPS) is 51.9. The third-order valence-corrected chi connectivity index (χ3v) is 5.39. The molecule has 0 nitrogen and oxygen atoms in total. The van der Waals surface area contributed by atoms with Crippen molar-refractivity contribution >= 4 is 0 Å². The van der Waals surface area contributed by atoms with Crippen LogP contribution < -0.4 is 0 Å². The Labute approximate surface area is 94.1 Å². The molecule has 0 aromatic carbocycles. The minimum Gasteiger partial charge on any atom is -0.0799 e. The van der Waals surface area contributed by atoms with Crippen molar-refractivity contribution in [2.45, 2.75) is 52.9 Å². The Bertz CT molecular complexity index is 279. The summed E-state index contributed by atoms with van der Waals surface area (Å²) < 4.78 is 0. The highest BCUT2D eigenvalue weighted by atomic mass is 14.6. The van der Waals surface area contributed by atoms with E-state index < -0.39 is 0 Å². The summed E-state index contributed by atoms with van der Waals surface area (Å²) in [4.78, 5) is 0. The largest absolute Gasteiger partial charge is 0.0799 e. The zero-order valence-corrected chi connectivity index (χ0v) is 10.4. The van der Waals surface area contributed by atoms with Gasteiger partial charge in [0.1, 0.15) is 0 Å². The predicted molar refractivity (Wildman–Crippen MR) is 64.6 cm³/mol. The average Bonchev–Trinajstić information content (AvgIpc) is 2.10. The fraction of sp³-hybridized carbons (Fsp3) is 0.867. The molecular formula is C15H24. The lowest BCUT2D eigenvalue weighted by molar-refractivity contribution is -0.0652. The fourth-order valence-corrected chi connectivity index (χ4v) is 5.13. The molecule has 0 heterocycles. The first-order chi connectivity index (χ1) is 7.08. The number of allylic oxidation sites excluding steroid dienone is 2. The molecular weight excluding hydrogens is 180 g/mol. The Morgan fingerprint density at radius 2 is 1.67 bits per heavy atom. The van der Waals surface area contributed by atoms with E-state index >= 15 is 0 Å². The summed E-state index contributed by atoms with van der Waals surface area (Å²) in [5.74, 6) is 4.23. The molecule has 0 aromatic rings. The highest BCUT2D eigenvalue weighted by Crippen LogP contribution is 2.62. The predicted octanol–water partition coefficient (Wildman–Crippen LogP) is 4.42. The van der Waals surface area contributed by atoms with Gasteiger partial charge in [0.25, 0.3) is 0 Å². The second-order valence-corrected chi connectivity index (χ2v) is 6.91. The van der Waals surface area contributed by atoms with Gasteiger partial charge < -0.3 is 0 Å². The maximum absolute atomic E-state index is 2.63. The molecule has 4 aliphatic rings. The van der Waals surface area contributed by atoms with E-state index in [1.165, 1.54) is 19.3 Å². The van der Waals surface area contributed by atoms with E-state index in [1.807, 2.05) is 0 Å². The molecule has 0 radical (unpaired) electrons. The van der Waals surface area contributed by atoms with E-state index in [4.69, 9.17) is 0 Å². The summed E-state index contributed by atoms with van der Waals surface area (Å²) in [6.07, 6.45) is 10.3. The van der Waals surface area contributed by atoms with Crippen LogP contribution in [0.3, 0.4) is 0 Å². The maximum atomic E-state index is 2.63. The molecule has 0 saturated heterocycles. The summed E-state index contributed by atoms with van der Waals surface area (Å²) in [5, 5.41) is 0. The van der Waals surface area contributed by atoms with Gasteiger partial charge in [0.15, 0.2) is 0 Å². The van der Waals surface area contributed by atoms with Crippen molar-refractivity contribution in [3.8, 4) is 0 Å². The Morgan fingerprint density at radius 1 is 1.07 bits per heavy atom. The smallest absolute Gasteiger partial charge is 0.0108 e. The maximum Gasteiger partial charge on any atom is -0.0108 e. The molecule has 4 bridgehead atoms. The average molecular weight is 204 g/mol. The fourth-order valence-electron chi connectivity index (χ4n) is 5.13. The van der Waals surface area contributed by atoms with Crippen molar-refractivity contribution in [1.29, 1.82) is 0 Å². The SMILES string of the molecule is CC(C)=CC12CC3CC(C1)C(C)C(C3)C2. The molecule has 0 aromatic heterocycles. The zero-order chi connectivity index (χ0) is 10.6. The van der Waals surface area contributed by atoms with Gasteiger partial charge in [0.05, 0.1) is 0 Å². The van der Waals surface area contributed by atoms with Gasteiger partial charge in [-0.2, -0.15) is 0 Å². The van der Waals surface area contributed by atoms with Crippen molar-refractivity contribution in [2.24, 2.45) is 29.1 Å². The minimum atomic E-state index is 0.641. The lowest BCUT2D eigenvalue weighted by Crippen LogP contribution is -2.49. The van der Waals surface area contributed by atoms with Gasteiger partial charge in [-0.15, -0.1) is 0 Å². The molecule has 2 atom stereocenters. The van der Waals surface area contributed by atoms with E-state index in [1.54, 1.807) is 18.4 Å². The molecule has 4 aliphatic carbocycles. The highest BCUT2D eigenvalue weighted by molar-refractivity contribution is 5.14. The summed E-state index contributed by atoms with van der Waals surface area (Å²) in [7, 11) is 0. The molecule has 15 heavy (non-hydrogen) atoms. The summed E-state index contributed by atoms with van der Waals surface area (Å²) in [6.45, 7) is 7.08. The second-order valence-electron chi connectivity index (χ2n) is 6.91. The molecule has 0 N–H and O–H groups in total. The van der Waals surface area contributed by atoms with E-state index in [-0.39, 0.29) is 0 Å². The van der Waals surface area contributed by atoms with E-state index in [9.17, 15) is 0 Å². The van der Waals surface area contributed by atoms with Gasteiger partial charge in [-0.1, -0.05) is 18.6 Å². The van der Waals surface area contributed by atoms with Crippen molar-refractivity contribution < 1.29 is 0 Å². The van der Waals surface area contributed by atoms with Crippen LogP contribution in [0.2, 0.25) is 0 Å². The first kappa shape index (κ1) is 9.93. The number of hydrogen-bond donors (Lipinski definition) is 0. The molecule has 0 heteroatoms. The van der Waals surface area contributed by atoms with Crippen molar-refractivity contribution in [2.75, 3.05) is 0 Å². The molecule has 0 amide bonds. The first-order valence-corrected chi connectivity index (χ1v) is 6.74. The summed E-state index contributed by atoms with van der Waals surface area (Å²) in [6, 6.07) is 0. The molecule has 2 unspecified atom stereocenters. The zero-order valence-electron chi connectivity index (χ0n) is 10.4. The van der Waals surface area contributed by atoms with Gasteiger partial charge in [0.2, 0.25) is 0 Å². The molecule has 4 fully saturated rings. The van der Waals surface area contributed by atoms with Crippen molar-refractivity contribution in [1.82, 2.24) is 0 Å². The van der Waals surface area contributed by atoms with Gasteiger partial charge in [-0.3, -0.25) is 0 Å². The van der Waals surface area contributed by atoms with Crippen LogP contribution in [0.1, 0.15) is 52.9 Å². The standard InChI is InChI=1S/C15H24/c1-10(2)6-15-7-12-4-13(8-15)11(3)14(5-12)9-15/h6,11-14H,4-5,7-9H2,1-3H3. The van der Waals surface area contributed by atoms with Crippen LogP contribution in [0.25, 0.3) is 0 Å². The first-order valence-electron chi connectivity index (χ1n) is 6.74. The molecule has 84 valence electrons. The summed E-state index contributed by atoms with van der Waals surface area (Å²) in [5.41, 5.74) is 2.19. The van der Waals surface area contributed by atoms with Crippen LogP contribution in [-0.4, -0.2) is 0 Å². The molecule has 4 rings (SSSR count). The van der Waals surface area contributed by atoms with E-state index in [0.29, 0.717) is 5.41 Å². The third-order valence-electron chi connectivity index (χ3n) is 5.39. The van der Waals surface area contributed by atoms with Crippen LogP contribution in [0, 0.1) is 29.1 Å². The monoisotopic (exact) mass is 204 g/mol. The van der Waals surface area contributed by atoms with E-state index in [2.05, 4.69) is 26.8 Å². The van der Waals surface area contributed by atoms with Gasteiger partial charge in [-0.25, -0.2) is 0 Å². The van der Waals surface area contributed by atoms with Crippen LogP contribution in [-0.2, 0) is 0 Å². The van der Waals surface area contributed by atoms with E-state index in [0.717, 1.165) is 23.7 Å². The van der Waals surface area contributed by atoms with Crippen LogP contribution in [0.4, 0.5) is 0 Å². The van der Waals surface area contributed by atoms with Crippen LogP contribution >= 0.6 is 0 Å². The number of hydrogen-bond acceptors (Lipinski definition) is 0. The summed E-state index contributed by atoms with van der Waals surface area (Å²) >= 11 is 0. The molecule has 0 aliphatic heterocycles. The van der Waals surface area contributed by atoms with Crippen molar-refractivity contribution in [3.05, 3.63) is 11.6 Å². The molecule has 0 spiro atoms. The lowest BCUT2D eigenvalue weighted by Gasteiger charge is -2.59. The third kappa shape index (κ3) is 1.48. The van der Waals surface area contributed by atoms with Gasteiger partial charge in [-0.05, 0) is 75.0 Å². The Morgan fingerprint density at radius 3 is 2.20 bits per heavy atom. The second kappa shape index (κ2) is 3.12. The van der Waals surface area contributed by atoms with Gasteiger partial charge >= 0.3 is 0 Å². The van der Waals surface area contributed by atoms with Crippen LogP contribution in [0.5, 0.6) is 0 Å². The Hall–Kier alpha value is -0.260. The number of rotatable bonds is 1. The Balaban J connectivity index is 1.92. The quantitative estimate of drug-likeness (QED) is 0.555.